The van der Waals surface area contributed by atoms with Crippen LogP contribution in [-0.2, 0) is 11.4 Å². The molecule has 4 rings (SSSR count). The maximum atomic E-state index is 12.4. The summed E-state index contributed by atoms with van der Waals surface area (Å²) in [6.07, 6.45) is 2.19. The number of rotatable bonds is 7. The summed E-state index contributed by atoms with van der Waals surface area (Å²) in [5.74, 6) is 2.06. The van der Waals surface area contributed by atoms with Gasteiger partial charge in [-0.15, -0.1) is 10.2 Å². The van der Waals surface area contributed by atoms with Crippen LogP contribution in [0.25, 0.3) is 5.69 Å². The van der Waals surface area contributed by atoms with Gasteiger partial charge in [0.1, 0.15) is 12.4 Å². The second kappa shape index (κ2) is 9.13. The number of ether oxygens (including phenoxy) is 1. The second-order valence-electron chi connectivity index (χ2n) is 7.00. The summed E-state index contributed by atoms with van der Waals surface area (Å²) in [6.45, 7) is 4.04. The largest absolute Gasteiger partial charge is 0.485 e. The molecule has 2 heterocycles. The van der Waals surface area contributed by atoms with E-state index >= 15 is 0 Å². The molecule has 29 heavy (non-hydrogen) atoms. The number of amides is 1. The van der Waals surface area contributed by atoms with Gasteiger partial charge in [0.2, 0.25) is 5.91 Å². The lowest BCUT2D eigenvalue weighted by Crippen LogP contribution is -2.29. The van der Waals surface area contributed by atoms with Gasteiger partial charge in [-0.05, 0) is 43.5 Å². The first kappa shape index (κ1) is 19.5. The molecule has 0 unspecified atom stereocenters. The third-order valence-corrected chi connectivity index (χ3v) is 5.86. The molecule has 1 amide bonds. The first-order valence-corrected chi connectivity index (χ1v) is 10.8. The van der Waals surface area contributed by atoms with Gasteiger partial charge in [-0.1, -0.05) is 48.2 Å². The number of hydrogen-bond donors (Lipinski definition) is 0. The zero-order valence-electron chi connectivity index (χ0n) is 16.5. The van der Waals surface area contributed by atoms with Crippen LogP contribution in [0.4, 0.5) is 0 Å². The molecule has 1 saturated heterocycles. The minimum absolute atomic E-state index is 0.160. The fraction of sp³-hybridized carbons (Fsp3) is 0.318. The van der Waals surface area contributed by atoms with Crippen molar-refractivity contribution in [2.75, 3.05) is 18.8 Å². The molecule has 0 N–H and O–H groups in total. The number of para-hydroxylation sites is 2. The van der Waals surface area contributed by atoms with Crippen LogP contribution >= 0.6 is 11.8 Å². The molecule has 3 aromatic rings. The highest BCUT2D eigenvalue weighted by Crippen LogP contribution is 2.24. The van der Waals surface area contributed by atoms with Crippen LogP contribution in [0.15, 0.2) is 59.8 Å². The quantitative estimate of drug-likeness (QED) is 0.556. The van der Waals surface area contributed by atoms with Crippen LogP contribution in [0.5, 0.6) is 5.75 Å². The lowest BCUT2D eigenvalue weighted by atomic mass is 10.2. The highest BCUT2D eigenvalue weighted by atomic mass is 32.2. The summed E-state index contributed by atoms with van der Waals surface area (Å²) in [7, 11) is 0. The average Bonchev–Trinajstić information content (AvgIpc) is 3.42. The Balaban J connectivity index is 1.53. The van der Waals surface area contributed by atoms with Crippen molar-refractivity contribution < 1.29 is 9.53 Å². The van der Waals surface area contributed by atoms with E-state index in [1.54, 1.807) is 0 Å². The molecule has 150 valence electrons. The van der Waals surface area contributed by atoms with Gasteiger partial charge < -0.3 is 9.64 Å². The van der Waals surface area contributed by atoms with Crippen molar-refractivity contribution in [2.45, 2.75) is 31.5 Å². The third-order valence-electron chi connectivity index (χ3n) is 4.95. The third kappa shape index (κ3) is 4.62. The van der Waals surface area contributed by atoms with Gasteiger partial charge in [-0.25, -0.2) is 0 Å². The van der Waals surface area contributed by atoms with Crippen LogP contribution in [0.3, 0.4) is 0 Å². The summed E-state index contributed by atoms with van der Waals surface area (Å²) in [5, 5.41) is 9.41. The fourth-order valence-electron chi connectivity index (χ4n) is 3.37. The number of carbonyl (C=O) groups excluding carboxylic acids is 1. The highest BCUT2D eigenvalue weighted by molar-refractivity contribution is 7.99. The number of aromatic nitrogens is 3. The highest BCUT2D eigenvalue weighted by Gasteiger charge is 2.21. The van der Waals surface area contributed by atoms with E-state index in [0.717, 1.165) is 42.9 Å². The Morgan fingerprint density at radius 1 is 1.03 bits per heavy atom. The van der Waals surface area contributed by atoms with Crippen molar-refractivity contribution >= 4 is 17.7 Å². The first-order chi connectivity index (χ1) is 14.2. The van der Waals surface area contributed by atoms with Crippen molar-refractivity contribution in [3.8, 4) is 11.4 Å². The first-order valence-electron chi connectivity index (χ1n) is 9.81. The zero-order chi connectivity index (χ0) is 20.1. The van der Waals surface area contributed by atoms with E-state index in [-0.39, 0.29) is 5.91 Å². The van der Waals surface area contributed by atoms with E-state index < -0.39 is 0 Å². The van der Waals surface area contributed by atoms with E-state index in [1.165, 1.54) is 11.8 Å². The van der Waals surface area contributed by atoms with Crippen LogP contribution in [0, 0.1) is 6.92 Å². The van der Waals surface area contributed by atoms with Gasteiger partial charge >= 0.3 is 0 Å². The van der Waals surface area contributed by atoms with Crippen molar-refractivity contribution in [2.24, 2.45) is 0 Å². The summed E-state index contributed by atoms with van der Waals surface area (Å²) < 4.78 is 7.97. The summed E-state index contributed by atoms with van der Waals surface area (Å²) in [4.78, 5) is 14.4. The normalized spacial score (nSPS) is 13.6. The standard InChI is InChI=1S/C22H24N4O2S/c1-17-9-5-6-12-19(17)28-15-20-23-24-22(26(20)18-10-3-2-4-11-18)29-16-21(27)25-13-7-8-14-25/h2-6,9-12H,7-8,13-16H2,1H3. The van der Waals surface area contributed by atoms with Crippen molar-refractivity contribution in [3.05, 3.63) is 66.0 Å². The lowest BCUT2D eigenvalue weighted by molar-refractivity contribution is -0.127. The number of likely N-dealkylation sites (tertiary alicyclic amines) is 1. The number of thioether (sulfide) groups is 1. The zero-order valence-corrected chi connectivity index (χ0v) is 17.3. The number of carbonyl (C=O) groups is 1. The minimum Gasteiger partial charge on any atom is -0.485 e. The molecule has 0 spiro atoms. The molecule has 1 fully saturated rings. The second-order valence-corrected chi connectivity index (χ2v) is 7.94. The van der Waals surface area contributed by atoms with Gasteiger partial charge in [0.25, 0.3) is 0 Å². The Morgan fingerprint density at radius 2 is 1.76 bits per heavy atom. The number of nitrogens with zero attached hydrogens (tertiary/aromatic N) is 4. The molecule has 0 bridgehead atoms. The smallest absolute Gasteiger partial charge is 0.233 e. The number of hydrogen-bond acceptors (Lipinski definition) is 5. The van der Waals surface area contributed by atoms with Crippen molar-refractivity contribution in [3.63, 3.8) is 0 Å². The van der Waals surface area contributed by atoms with Crippen LogP contribution in [0.1, 0.15) is 24.2 Å². The molecular formula is C22H24N4O2S. The molecule has 0 atom stereocenters. The molecule has 0 aliphatic carbocycles. The number of benzene rings is 2. The van der Waals surface area contributed by atoms with Crippen LogP contribution < -0.4 is 4.74 Å². The fourth-order valence-corrected chi connectivity index (χ4v) is 4.24. The predicted octanol–water partition coefficient (Wildman–Crippen LogP) is 3.87. The van der Waals surface area contributed by atoms with Crippen molar-refractivity contribution in [1.29, 1.82) is 0 Å². The molecule has 0 saturated carbocycles. The average molecular weight is 409 g/mol. The minimum atomic E-state index is 0.160. The maximum absolute atomic E-state index is 12.4. The summed E-state index contributed by atoms with van der Waals surface area (Å²) >= 11 is 1.43. The van der Waals surface area contributed by atoms with Gasteiger partial charge in [0.15, 0.2) is 11.0 Å². The van der Waals surface area contributed by atoms with Gasteiger partial charge in [-0.2, -0.15) is 0 Å². The Hall–Kier alpha value is -2.80. The number of aryl methyl sites for hydroxylation is 1. The van der Waals surface area contributed by atoms with E-state index in [9.17, 15) is 4.79 Å². The van der Waals surface area contributed by atoms with E-state index in [1.807, 2.05) is 71.0 Å². The molecule has 1 aromatic heterocycles. The van der Waals surface area contributed by atoms with Gasteiger partial charge in [0.05, 0.1) is 5.75 Å². The van der Waals surface area contributed by atoms with E-state index in [4.69, 9.17) is 4.74 Å². The summed E-state index contributed by atoms with van der Waals surface area (Å²) in [6, 6.07) is 17.8. The summed E-state index contributed by atoms with van der Waals surface area (Å²) in [5.41, 5.74) is 2.03. The van der Waals surface area contributed by atoms with E-state index in [0.29, 0.717) is 23.3 Å². The Labute approximate surface area is 174 Å². The maximum Gasteiger partial charge on any atom is 0.233 e. The molecule has 0 radical (unpaired) electrons. The van der Waals surface area contributed by atoms with Gasteiger partial charge in [0, 0.05) is 18.8 Å². The SMILES string of the molecule is Cc1ccccc1OCc1nnc(SCC(=O)N2CCCC2)n1-c1ccccc1. The van der Waals surface area contributed by atoms with Crippen LogP contribution in [-0.4, -0.2) is 44.4 Å². The molecule has 6 nitrogen and oxygen atoms in total. The molecule has 7 heteroatoms. The Kier molecular flexibility index (Phi) is 6.14. The molecule has 1 aliphatic heterocycles. The molecule has 2 aromatic carbocycles. The molecular weight excluding hydrogens is 384 g/mol. The lowest BCUT2D eigenvalue weighted by Gasteiger charge is -2.15. The predicted molar refractivity (Wildman–Crippen MR) is 113 cm³/mol. The van der Waals surface area contributed by atoms with Crippen molar-refractivity contribution in [1.82, 2.24) is 19.7 Å². The topological polar surface area (TPSA) is 60.3 Å². The van der Waals surface area contributed by atoms with Crippen LogP contribution in [0.2, 0.25) is 0 Å². The van der Waals surface area contributed by atoms with Gasteiger partial charge in [-0.3, -0.25) is 9.36 Å². The Morgan fingerprint density at radius 3 is 2.52 bits per heavy atom. The Bertz CT molecular complexity index is 968. The molecule has 1 aliphatic rings. The monoisotopic (exact) mass is 408 g/mol. The van der Waals surface area contributed by atoms with E-state index in [2.05, 4.69) is 10.2 Å².